The van der Waals surface area contributed by atoms with Crippen molar-refractivity contribution < 1.29 is 9.90 Å². The van der Waals surface area contributed by atoms with Gasteiger partial charge >= 0.3 is 5.97 Å². The fourth-order valence-corrected chi connectivity index (χ4v) is 1.64. The number of carboxylic acid groups (broad SMARTS) is 1. The van der Waals surface area contributed by atoms with Gasteiger partial charge in [0.15, 0.2) is 0 Å². The summed E-state index contributed by atoms with van der Waals surface area (Å²) in [4.78, 5) is 14.8. The first kappa shape index (κ1) is 11.1. The molecule has 0 amide bonds. The van der Waals surface area contributed by atoms with E-state index in [1.165, 1.54) is 0 Å². The SMILES string of the molecule is Nc1cc(CC(=O)O)cnc1-c1ccccc1. The van der Waals surface area contributed by atoms with Crippen LogP contribution < -0.4 is 5.73 Å². The molecule has 4 nitrogen and oxygen atoms in total. The molecule has 0 aliphatic heterocycles. The minimum atomic E-state index is -0.890. The van der Waals surface area contributed by atoms with E-state index in [9.17, 15) is 4.79 Å². The highest BCUT2D eigenvalue weighted by atomic mass is 16.4. The fourth-order valence-electron chi connectivity index (χ4n) is 1.64. The molecule has 0 spiro atoms. The van der Waals surface area contributed by atoms with Crippen molar-refractivity contribution in [3.05, 3.63) is 48.2 Å². The first-order valence-corrected chi connectivity index (χ1v) is 5.18. The smallest absolute Gasteiger partial charge is 0.307 e. The van der Waals surface area contributed by atoms with Gasteiger partial charge in [-0.15, -0.1) is 0 Å². The van der Waals surface area contributed by atoms with Crippen LogP contribution in [0.4, 0.5) is 5.69 Å². The highest BCUT2D eigenvalue weighted by Crippen LogP contribution is 2.23. The third-order valence-corrected chi connectivity index (χ3v) is 2.38. The normalized spacial score (nSPS) is 10.1. The average Bonchev–Trinajstić information content (AvgIpc) is 2.29. The Hall–Kier alpha value is -2.36. The summed E-state index contributed by atoms with van der Waals surface area (Å²) in [6.45, 7) is 0. The third kappa shape index (κ3) is 2.60. The minimum absolute atomic E-state index is 0.0632. The number of nitrogen functional groups attached to an aromatic ring is 1. The van der Waals surface area contributed by atoms with E-state index in [4.69, 9.17) is 10.8 Å². The number of carbonyl (C=O) groups is 1. The maximum atomic E-state index is 10.6. The molecule has 2 rings (SSSR count). The van der Waals surface area contributed by atoms with Crippen molar-refractivity contribution in [2.45, 2.75) is 6.42 Å². The van der Waals surface area contributed by atoms with Crippen LogP contribution in [0.2, 0.25) is 0 Å². The van der Waals surface area contributed by atoms with Gasteiger partial charge in [0.2, 0.25) is 0 Å². The lowest BCUT2D eigenvalue weighted by molar-refractivity contribution is -0.136. The van der Waals surface area contributed by atoms with E-state index < -0.39 is 5.97 Å². The molecular weight excluding hydrogens is 216 g/mol. The number of nitrogens with zero attached hydrogens (tertiary/aromatic N) is 1. The lowest BCUT2D eigenvalue weighted by Gasteiger charge is -2.06. The van der Waals surface area contributed by atoms with Gasteiger partial charge in [-0.25, -0.2) is 0 Å². The van der Waals surface area contributed by atoms with Gasteiger partial charge in [0.05, 0.1) is 17.8 Å². The van der Waals surface area contributed by atoms with Crippen LogP contribution in [0.3, 0.4) is 0 Å². The average molecular weight is 228 g/mol. The molecule has 0 atom stereocenters. The van der Waals surface area contributed by atoms with Gasteiger partial charge in [-0.3, -0.25) is 9.78 Å². The monoisotopic (exact) mass is 228 g/mol. The molecule has 0 saturated carbocycles. The Bertz CT molecular complexity index is 538. The van der Waals surface area contributed by atoms with Crippen molar-refractivity contribution in [3.63, 3.8) is 0 Å². The van der Waals surface area contributed by atoms with Gasteiger partial charge in [0, 0.05) is 11.8 Å². The second-order valence-electron chi connectivity index (χ2n) is 3.72. The van der Waals surface area contributed by atoms with E-state index in [1.807, 2.05) is 30.3 Å². The first-order valence-electron chi connectivity index (χ1n) is 5.18. The molecule has 0 bridgehead atoms. The number of benzene rings is 1. The second-order valence-corrected chi connectivity index (χ2v) is 3.72. The maximum absolute atomic E-state index is 10.6. The lowest BCUT2D eigenvalue weighted by Crippen LogP contribution is -2.02. The van der Waals surface area contributed by atoms with E-state index in [0.29, 0.717) is 16.9 Å². The summed E-state index contributed by atoms with van der Waals surface area (Å²) < 4.78 is 0. The minimum Gasteiger partial charge on any atom is -0.481 e. The Labute approximate surface area is 98.7 Å². The summed E-state index contributed by atoms with van der Waals surface area (Å²) in [5.74, 6) is -0.890. The van der Waals surface area contributed by atoms with Crippen molar-refractivity contribution in [2.24, 2.45) is 0 Å². The summed E-state index contributed by atoms with van der Waals surface area (Å²) in [6, 6.07) is 11.2. The zero-order valence-electron chi connectivity index (χ0n) is 9.13. The van der Waals surface area contributed by atoms with Crippen LogP contribution in [0, 0.1) is 0 Å². The summed E-state index contributed by atoms with van der Waals surface area (Å²) in [5.41, 5.74) is 8.58. The van der Waals surface area contributed by atoms with E-state index in [0.717, 1.165) is 5.56 Å². The second kappa shape index (κ2) is 4.65. The predicted molar refractivity (Wildman–Crippen MR) is 65.4 cm³/mol. The van der Waals surface area contributed by atoms with Gasteiger partial charge in [-0.05, 0) is 11.6 Å². The predicted octanol–water partition coefficient (Wildman–Crippen LogP) is 1.96. The molecule has 0 aliphatic carbocycles. The standard InChI is InChI=1S/C13H12N2O2/c14-11-6-9(7-12(16)17)8-15-13(11)10-4-2-1-3-5-10/h1-6,8H,7,14H2,(H,16,17). The van der Waals surface area contributed by atoms with Crippen molar-refractivity contribution in [2.75, 3.05) is 5.73 Å². The topological polar surface area (TPSA) is 76.2 Å². The largest absolute Gasteiger partial charge is 0.481 e. The summed E-state index contributed by atoms with van der Waals surface area (Å²) in [5, 5.41) is 8.68. The van der Waals surface area contributed by atoms with E-state index >= 15 is 0 Å². The fraction of sp³-hybridized carbons (Fsp3) is 0.0769. The zero-order chi connectivity index (χ0) is 12.3. The van der Waals surface area contributed by atoms with Gasteiger partial charge in [0.25, 0.3) is 0 Å². The molecule has 2 aromatic rings. The third-order valence-electron chi connectivity index (χ3n) is 2.38. The molecule has 3 N–H and O–H groups in total. The van der Waals surface area contributed by atoms with Crippen LogP contribution in [0.15, 0.2) is 42.6 Å². The molecule has 1 aromatic heterocycles. The molecule has 1 heterocycles. The number of rotatable bonds is 3. The molecule has 1 aromatic carbocycles. The molecule has 17 heavy (non-hydrogen) atoms. The van der Waals surface area contributed by atoms with Crippen LogP contribution in [-0.2, 0) is 11.2 Å². The van der Waals surface area contributed by atoms with Crippen LogP contribution in [0.25, 0.3) is 11.3 Å². The number of aliphatic carboxylic acids is 1. The van der Waals surface area contributed by atoms with E-state index in [2.05, 4.69) is 4.98 Å². The molecule has 0 radical (unpaired) electrons. The molecule has 0 saturated heterocycles. The van der Waals surface area contributed by atoms with Crippen LogP contribution in [0.1, 0.15) is 5.56 Å². The zero-order valence-corrected chi connectivity index (χ0v) is 9.13. The maximum Gasteiger partial charge on any atom is 0.307 e. The molecule has 4 heteroatoms. The van der Waals surface area contributed by atoms with Crippen molar-refractivity contribution in [1.29, 1.82) is 0 Å². The van der Waals surface area contributed by atoms with E-state index in [-0.39, 0.29) is 6.42 Å². The highest BCUT2D eigenvalue weighted by Gasteiger charge is 2.07. The number of pyridine rings is 1. The van der Waals surface area contributed by atoms with Crippen LogP contribution in [0.5, 0.6) is 0 Å². The van der Waals surface area contributed by atoms with Crippen molar-refractivity contribution in [3.8, 4) is 11.3 Å². The number of hydrogen-bond acceptors (Lipinski definition) is 3. The Balaban J connectivity index is 2.35. The number of carboxylic acids is 1. The Morgan fingerprint density at radius 1 is 1.29 bits per heavy atom. The Morgan fingerprint density at radius 2 is 2.00 bits per heavy atom. The lowest BCUT2D eigenvalue weighted by atomic mass is 10.1. The summed E-state index contributed by atoms with van der Waals surface area (Å²) in [6.07, 6.45) is 1.49. The highest BCUT2D eigenvalue weighted by molar-refractivity contribution is 5.75. The molecule has 0 fully saturated rings. The Kier molecular flexibility index (Phi) is 3.05. The van der Waals surface area contributed by atoms with Crippen LogP contribution in [-0.4, -0.2) is 16.1 Å². The molecular formula is C13H12N2O2. The quantitative estimate of drug-likeness (QED) is 0.841. The van der Waals surface area contributed by atoms with Gasteiger partial charge < -0.3 is 10.8 Å². The first-order chi connectivity index (χ1) is 8.16. The van der Waals surface area contributed by atoms with Gasteiger partial charge in [-0.1, -0.05) is 30.3 Å². The summed E-state index contributed by atoms with van der Waals surface area (Å²) in [7, 11) is 0. The van der Waals surface area contributed by atoms with Crippen LogP contribution >= 0.6 is 0 Å². The number of hydrogen-bond donors (Lipinski definition) is 2. The summed E-state index contributed by atoms with van der Waals surface area (Å²) >= 11 is 0. The van der Waals surface area contributed by atoms with Gasteiger partial charge in [-0.2, -0.15) is 0 Å². The van der Waals surface area contributed by atoms with Crippen molar-refractivity contribution >= 4 is 11.7 Å². The number of anilines is 1. The Morgan fingerprint density at radius 3 is 2.59 bits per heavy atom. The molecule has 0 aliphatic rings. The molecule has 86 valence electrons. The molecule has 0 unspecified atom stereocenters. The van der Waals surface area contributed by atoms with E-state index in [1.54, 1.807) is 12.3 Å². The van der Waals surface area contributed by atoms with Gasteiger partial charge in [0.1, 0.15) is 0 Å². The number of aromatic nitrogens is 1. The number of nitrogens with two attached hydrogens (primary N) is 1. The van der Waals surface area contributed by atoms with Crippen molar-refractivity contribution in [1.82, 2.24) is 4.98 Å².